The summed E-state index contributed by atoms with van der Waals surface area (Å²) in [6.45, 7) is 6.70. The van der Waals surface area contributed by atoms with Gasteiger partial charge in [0.1, 0.15) is 0 Å². The normalized spacial score (nSPS) is 14.8. The molecule has 150 valence electrons. The van der Waals surface area contributed by atoms with Gasteiger partial charge in [-0.05, 0) is 59.2 Å². The lowest BCUT2D eigenvalue weighted by Crippen LogP contribution is -2.24. The van der Waals surface area contributed by atoms with Crippen molar-refractivity contribution in [3.05, 3.63) is 83.1 Å². The van der Waals surface area contributed by atoms with Crippen LogP contribution in [0.2, 0.25) is 0 Å². The molecule has 0 bridgehead atoms. The third-order valence-electron chi connectivity index (χ3n) is 4.98. The van der Waals surface area contributed by atoms with E-state index < -0.39 is 5.97 Å². The largest absolute Gasteiger partial charge is 0.462 e. The van der Waals surface area contributed by atoms with Crippen LogP contribution in [0.4, 0.5) is 0 Å². The molecule has 1 aliphatic carbocycles. The SMILES string of the molecule is CCCOC(=O)C1=CCC(C)(C)c2ccc(C=COC(=O)c3ccccc3)cc21. The zero-order chi connectivity index (χ0) is 20.9. The van der Waals surface area contributed by atoms with E-state index in [-0.39, 0.29) is 11.4 Å². The third-order valence-corrected chi connectivity index (χ3v) is 4.98. The summed E-state index contributed by atoms with van der Waals surface area (Å²) in [6, 6.07) is 14.8. The minimum absolute atomic E-state index is 0.0636. The van der Waals surface area contributed by atoms with Crippen LogP contribution in [0.3, 0.4) is 0 Å². The van der Waals surface area contributed by atoms with Gasteiger partial charge in [0.2, 0.25) is 0 Å². The van der Waals surface area contributed by atoms with E-state index in [1.807, 2.05) is 37.3 Å². The Morgan fingerprint density at radius 3 is 2.55 bits per heavy atom. The number of benzene rings is 2. The Morgan fingerprint density at radius 1 is 1.07 bits per heavy atom. The molecule has 0 saturated heterocycles. The second kappa shape index (κ2) is 8.91. The van der Waals surface area contributed by atoms with E-state index in [2.05, 4.69) is 13.8 Å². The minimum Gasteiger partial charge on any atom is -0.462 e. The monoisotopic (exact) mass is 390 g/mol. The van der Waals surface area contributed by atoms with Gasteiger partial charge in [-0.25, -0.2) is 9.59 Å². The van der Waals surface area contributed by atoms with Gasteiger partial charge < -0.3 is 9.47 Å². The molecule has 0 radical (unpaired) electrons. The fraction of sp³-hybridized carbons (Fsp3) is 0.280. The van der Waals surface area contributed by atoms with E-state index in [1.165, 1.54) is 6.26 Å². The lowest BCUT2D eigenvalue weighted by Gasteiger charge is -2.31. The Morgan fingerprint density at radius 2 is 1.83 bits per heavy atom. The summed E-state index contributed by atoms with van der Waals surface area (Å²) in [5.41, 5.74) is 3.86. The molecule has 1 aliphatic rings. The average molecular weight is 390 g/mol. The molecule has 0 atom stereocenters. The van der Waals surface area contributed by atoms with Gasteiger partial charge in [0.25, 0.3) is 0 Å². The van der Waals surface area contributed by atoms with Crippen LogP contribution in [-0.2, 0) is 19.7 Å². The number of hydrogen-bond donors (Lipinski definition) is 0. The summed E-state index contributed by atoms with van der Waals surface area (Å²) in [6.07, 6.45) is 6.62. The van der Waals surface area contributed by atoms with Gasteiger partial charge in [-0.15, -0.1) is 0 Å². The van der Waals surface area contributed by atoms with Crippen molar-refractivity contribution in [2.45, 2.75) is 39.0 Å². The number of carbonyl (C=O) groups excluding carboxylic acids is 2. The van der Waals surface area contributed by atoms with E-state index in [1.54, 1.807) is 30.3 Å². The summed E-state index contributed by atoms with van der Waals surface area (Å²) in [5, 5.41) is 0. The second-order valence-electron chi connectivity index (χ2n) is 7.72. The Bertz CT molecular complexity index is 952. The van der Waals surface area contributed by atoms with Gasteiger partial charge in [0, 0.05) is 0 Å². The molecule has 0 unspecified atom stereocenters. The van der Waals surface area contributed by atoms with Crippen LogP contribution in [0.5, 0.6) is 0 Å². The standard InChI is InChI=1S/C25H26O4/c1-4-15-28-24(27)20-12-14-25(2,3)22-11-10-18(17-21(20)22)13-16-29-23(26)19-8-6-5-7-9-19/h5-13,16-17H,4,14-15H2,1-3H3. The van der Waals surface area contributed by atoms with Crippen molar-refractivity contribution in [1.29, 1.82) is 0 Å². The van der Waals surface area contributed by atoms with Gasteiger partial charge in [-0.3, -0.25) is 0 Å². The minimum atomic E-state index is -0.412. The maximum absolute atomic E-state index is 12.5. The molecule has 0 aliphatic heterocycles. The second-order valence-corrected chi connectivity index (χ2v) is 7.72. The Hall–Kier alpha value is -3.14. The molecule has 0 N–H and O–H groups in total. The quantitative estimate of drug-likeness (QED) is 0.480. The van der Waals surface area contributed by atoms with E-state index in [0.717, 1.165) is 29.5 Å². The third kappa shape index (κ3) is 4.83. The van der Waals surface area contributed by atoms with Crippen molar-refractivity contribution in [3.8, 4) is 0 Å². The van der Waals surface area contributed by atoms with E-state index >= 15 is 0 Å². The topological polar surface area (TPSA) is 52.6 Å². The molecule has 0 aromatic heterocycles. The summed E-state index contributed by atoms with van der Waals surface area (Å²) >= 11 is 0. The van der Waals surface area contributed by atoms with Crippen LogP contribution in [0.1, 0.15) is 60.7 Å². The molecule has 0 heterocycles. The van der Waals surface area contributed by atoms with Gasteiger partial charge in [-0.2, -0.15) is 0 Å². The molecule has 2 aromatic carbocycles. The van der Waals surface area contributed by atoms with Crippen molar-refractivity contribution in [2.75, 3.05) is 6.61 Å². The smallest absolute Gasteiger partial charge is 0.342 e. The van der Waals surface area contributed by atoms with E-state index in [9.17, 15) is 9.59 Å². The first-order chi connectivity index (χ1) is 13.9. The average Bonchev–Trinajstić information content (AvgIpc) is 2.72. The van der Waals surface area contributed by atoms with Crippen molar-refractivity contribution in [2.24, 2.45) is 0 Å². The number of rotatable bonds is 6. The van der Waals surface area contributed by atoms with Crippen molar-refractivity contribution >= 4 is 23.6 Å². The zero-order valence-corrected chi connectivity index (χ0v) is 17.1. The fourth-order valence-electron chi connectivity index (χ4n) is 3.34. The Balaban J connectivity index is 1.81. The van der Waals surface area contributed by atoms with Crippen LogP contribution < -0.4 is 0 Å². The number of fused-ring (bicyclic) bond motifs is 1. The van der Waals surface area contributed by atoms with Gasteiger partial charge in [0.05, 0.1) is 24.0 Å². The zero-order valence-electron chi connectivity index (χ0n) is 17.1. The highest BCUT2D eigenvalue weighted by Crippen LogP contribution is 2.39. The highest BCUT2D eigenvalue weighted by molar-refractivity contribution is 6.17. The predicted molar refractivity (Wildman–Crippen MR) is 114 cm³/mol. The number of hydrogen-bond acceptors (Lipinski definition) is 4. The molecule has 0 saturated carbocycles. The molecule has 0 amide bonds. The highest BCUT2D eigenvalue weighted by atomic mass is 16.5. The number of ether oxygens (including phenoxy) is 2. The summed E-state index contributed by atoms with van der Waals surface area (Å²) in [5.74, 6) is -0.704. The molecule has 4 nitrogen and oxygen atoms in total. The van der Waals surface area contributed by atoms with Crippen LogP contribution in [0, 0.1) is 0 Å². The van der Waals surface area contributed by atoms with Crippen LogP contribution >= 0.6 is 0 Å². The van der Waals surface area contributed by atoms with E-state index in [0.29, 0.717) is 17.7 Å². The molecular weight excluding hydrogens is 364 g/mol. The highest BCUT2D eigenvalue weighted by Gasteiger charge is 2.31. The van der Waals surface area contributed by atoms with Gasteiger partial charge in [-0.1, -0.05) is 57.2 Å². The van der Waals surface area contributed by atoms with Gasteiger partial charge >= 0.3 is 11.9 Å². The molecule has 3 rings (SSSR count). The number of allylic oxidation sites excluding steroid dienone is 1. The summed E-state index contributed by atoms with van der Waals surface area (Å²) in [4.78, 5) is 24.6. The summed E-state index contributed by atoms with van der Waals surface area (Å²) in [7, 11) is 0. The molecule has 4 heteroatoms. The van der Waals surface area contributed by atoms with Crippen LogP contribution in [-0.4, -0.2) is 18.5 Å². The van der Waals surface area contributed by atoms with E-state index in [4.69, 9.17) is 9.47 Å². The molecule has 0 fully saturated rings. The van der Waals surface area contributed by atoms with Crippen molar-refractivity contribution in [1.82, 2.24) is 0 Å². The van der Waals surface area contributed by atoms with Crippen LogP contribution in [0.25, 0.3) is 11.6 Å². The Labute approximate surface area is 171 Å². The molecular formula is C25H26O4. The lowest BCUT2D eigenvalue weighted by atomic mass is 9.73. The summed E-state index contributed by atoms with van der Waals surface area (Å²) < 4.78 is 10.6. The predicted octanol–water partition coefficient (Wildman–Crippen LogP) is 5.53. The first-order valence-corrected chi connectivity index (χ1v) is 9.87. The fourth-order valence-corrected chi connectivity index (χ4v) is 3.34. The Kier molecular flexibility index (Phi) is 6.32. The number of carbonyl (C=O) groups is 2. The molecule has 0 spiro atoms. The molecule has 29 heavy (non-hydrogen) atoms. The maximum Gasteiger partial charge on any atom is 0.342 e. The lowest BCUT2D eigenvalue weighted by molar-refractivity contribution is -0.136. The maximum atomic E-state index is 12.5. The van der Waals surface area contributed by atoms with Crippen molar-refractivity contribution < 1.29 is 19.1 Å². The van der Waals surface area contributed by atoms with Crippen LogP contribution in [0.15, 0.2) is 60.9 Å². The first-order valence-electron chi connectivity index (χ1n) is 9.87. The first kappa shape index (κ1) is 20.6. The van der Waals surface area contributed by atoms with Gasteiger partial charge in [0.15, 0.2) is 0 Å². The molecule has 2 aromatic rings. The van der Waals surface area contributed by atoms with Crippen molar-refractivity contribution in [3.63, 3.8) is 0 Å². The number of esters is 2.